The van der Waals surface area contributed by atoms with Crippen LogP contribution in [0.5, 0.6) is 11.5 Å². The van der Waals surface area contributed by atoms with Crippen LogP contribution < -0.4 is 30.1 Å². The molecule has 3 heterocycles. The molecule has 0 bridgehead atoms. The summed E-state index contributed by atoms with van der Waals surface area (Å²) < 4.78 is 209. The molecule has 14 rings (SSSR count). The fraction of sp³-hybridized carbons (Fsp3) is 0.217. The van der Waals surface area contributed by atoms with Crippen molar-refractivity contribution in [1.82, 2.24) is 14.1 Å². The molecule has 11 aromatic carbocycles. The van der Waals surface area contributed by atoms with Crippen LogP contribution in [0.2, 0.25) is 0 Å². The van der Waals surface area contributed by atoms with Gasteiger partial charge in [0.05, 0.1) is 60.9 Å². The number of para-hydroxylation sites is 1. The Kier molecular flexibility index (Phi) is 11.5. The van der Waals surface area contributed by atoms with Crippen molar-refractivity contribution in [2.24, 2.45) is 0 Å². The van der Waals surface area contributed by atoms with E-state index in [1.165, 1.54) is 6.07 Å². The van der Waals surface area contributed by atoms with Gasteiger partial charge in [0, 0.05) is 23.0 Å². The monoisotopic (exact) mass is 1310 g/mol. The predicted molar refractivity (Wildman–Crippen MR) is 416 cm³/mol. The van der Waals surface area contributed by atoms with Gasteiger partial charge in [0.1, 0.15) is 17.3 Å². The molecule has 0 spiro atoms. The molecule has 0 amide bonds. The molecule has 14 aromatic rings. The van der Waals surface area contributed by atoms with Gasteiger partial charge >= 0.3 is 0 Å². The smallest absolute Gasteiger partial charge is 0.269 e. The quantitative estimate of drug-likeness (QED) is 0.0529. The standard InChI is InChI=1S/C92H90N4OSi/c1-88(2,3)67-47-48-93-86(58-67)96-81-42-29-28-41-78(81)79-45-44-74(60-83(79)96)97-73-34-30-33-72(59-73)94-61-95(82-46-43-63(54-84(82)94)64-49-68(89(4,5)6)56-69(50-64)90(7,8)9)87-80(66-51-70(91(10,11)12)57-71(52-66)92(13,14)15)53-65(62-31-20-16-21-32-62)55-85(87)98(75-35-22-17-23-36-75,76-37-24-18-25-38-76)77-39-26-19-27-40-77/h16-60H,1-15H3/i16D,17D,18D,19D,20D,21D,22D,23D,24D,25D,26D,27D,31D,32D,35D,36D,37D,38D,39D,40D. The van der Waals surface area contributed by atoms with E-state index in [2.05, 4.69) is 116 Å². The molecule has 0 aliphatic carbocycles. The Morgan fingerprint density at radius 3 is 1.47 bits per heavy atom. The largest absolute Gasteiger partial charge is 0.458 e. The first kappa shape index (κ1) is 45.4. The van der Waals surface area contributed by atoms with Crippen molar-refractivity contribution < 1.29 is 36.7 Å². The molecule has 0 aliphatic rings. The maximum Gasteiger partial charge on any atom is 0.269 e. The number of fused-ring (bicyclic) bond motifs is 4. The van der Waals surface area contributed by atoms with Crippen molar-refractivity contribution in [3.05, 3.63) is 307 Å². The molecule has 3 aromatic heterocycles. The lowest BCUT2D eigenvalue weighted by atomic mass is 9.78. The first-order valence-electron chi connectivity index (χ1n) is 43.1. The summed E-state index contributed by atoms with van der Waals surface area (Å²) in [7, 11) is -6.37. The summed E-state index contributed by atoms with van der Waals surface area (Å²) in [4.78, 5) is 4.93. The van der Waals surface area contributed by atoms with Crippen molar-refractivity contribution in [3.63, 3.8) is 0 Å². The van der Waals surface area contributed by atoms with Crippen LogP contribution in [0.25, 0.3) is 83.4 Å². The average Bonchev–Trinajstić information content (AvgIpc) is 0.822. The van der Waals surface area contributed by atoms with Gasteiger partial charge < -0.3 is 4.74 Å². The van der Waals surface area contributed by atoms with Gasteiger partial charge in [-0.25, -0.2) is 4.98 Å². The predicted octanol–water partition coefficient (Wildman–Crippen LogP) is 20.9. The molecule has 488 valence electrons. The highest BCUT2D eigenvalue weighted by molar-refractivity contribution is 7.20. The summed E-state index contributed by atoms with van der Waals surface area (Å²) in [6.45, 7) is 31.4. The highest BCUT2D eigenvalue weighted by Gasteiger charge is 2.45. The zero-order chi connectivity index (χ0) is 86.1. The van der Waals surface area contributed by atoms with E-state index >= 15 is 0 Å². The normalized spacial score (nSPS) is 15.5. The van der Waals surface area contributed by atoms with Gasteiger partial charge in [-0.2, -0.15) is 0 Å². The number of nitrogens with zero attached hydrogens (tertiary/aromatic N) is 4. The van der Waals surface area contributed by atoms with Crippen molar-refractivity contribution in [2.75, 3.05) is 0 Å². The van der Waals surface area contributed by atoms with Gasteiger partial charge in [0.2, 0.25) is 0 Å². The Morgan fingerprint density at radius 1 is 0.398 bits per heavy atom. The third-order valence-electron chi connectivity index (χ3n) is 18.6. The average molecular weight is 1320 g/mol. The number of hydrogen-bond acceptors (Lipinski definition) is 2. The summed E-state index contributed by atoms with van der Waals surface area (Å²) in [5, 5.41) is -0.914. The highest BCUT2D eigenvalue weighted by Crippen LogP contribution is 2.42. The first-order valence-corrected chi connectivity index (χ1v) is 35.1. The van der Waals surface area contributed by atoms with Gasteiger partial charge in [-0.15, -0.1) is 0 Å². The number of hydrogen-bond donors (Lipinski definition) is 0. The Balaban J connectivity index is 1.23. The fourth-order valence-corrected chi connectivity index (χ4v) is 17.1. The number of benzene rings is 11. The SMILES string of the molecule is [2H]c1c([2H])c([2H])c(-c2cc(-c3cc(C(C)(C)C)cc(C(C)(C)C)c3)c(-[n+]3[c-]n(-c4cccc(Oc5ccc6c7ccccc7n(-c7cc(C(C)(C)C)ccn7)c6c5)c4)c4cc(-c5cc(C(C)(C)C)cc(C(C)(C)C)c5)ccc43)c([Si](c3c([2H])c([2H])c([2H])c([2H])c3[2H])(c3c([2H])c([2H])c([2H])c([2H])c3[2H])c3c([2H])c([2H])c([2H])c([2H])c3[2H])c2)c([2H])c1[2H]. The van der Waals surface area contributed by atoms with Gasteiger partial charge in [-0.05, 0) is 170 Å². The van der Waals surface area contributed by atoms with E-state index < -0.39 is 166 Å². The molecule has 0 saturated carbocycles. The Labute approximate surface area is 609 Å². The molecule has 0 saturated heterocycles. The molecule has 5 nitrogen and oxygen atoms in total. The summed E-state index contributed by atoms with van der Waals surface area (Å²) in [5.41, 5.74) is 6.43. The second-order valence-electron chi connectivity index (χ2n) is 30.5. The Hall–Kier alpha value is -10.1. The van der Waals surface area contributed by atoms with Crippen LogP contribution in [0, 0.1) is 6.33 Å². The summed E-state index contributed by atoms with van der Waals surface area (Å²) in [5.74, 6) is 1.52. The third-order valence-corrected chi connectivity index (χ3v) is 22.8. The van der Waals surface area contributed by atoms with Gasteiger partial charge in [-0.1, -0.05) is 304 Å². The number of ether oxygens (including phenoxy) is 1. The van der Waals surface area contributed by atoms with Crippen LogP contribution in [0.1, 0.15) is 159 Å². The molecule has 0 aliphatic heterocycles. The highest BCUT2D eigenvalue weighted by atomic mass is 28.3. The number of imidazole rings is 1. The van der Waals surface area contributed by atoms with Gasteiger partial charge in [-0.3, -0.25) is 13.7 Å². The molecular formula is C92H90N4OSi. The molecule has 6 heteroatoms. The van der Waals surface area contributed by atoms with Crippen LogP contribution in [0.15, 0.2) is 273 Å². The molecule has 0 N–H and O–H groups in total. The Bertz CT molecular complexity index is 6240. The Morgan fingerprint density at radius 2 is 0.908 bits per heavy atom. The van der Waals surface area contributed by atoms with Crippen LogP contribution in [0.3, 0.4) is 0 Å². The van der Waals surface area contributed by atoms with Crippen LogP contribution in [-0.2, 0) is 27.1 Å². The van der Waals surface area contributed by atoms with Gasteiger partial charge in [0.15, 0.2) is 8.07 Å². The molecular weight excluding hydrogens is 1210 g/mol. The lowest BCUT2D eigenvalue weighted by molar-refractivity contribution is -0.570. The second kappa shape index (κ2) is 24.7. The number of aromatic nitrogens is 4. The van der Waals surface area contributed by atoms with Crippen LogP contribution in [0.4, 0.5) is 0 Å². The minimum absolute atomic E-state index is 0.0715. The van der Waals surface area contributed by atoms with E-state index in [0.29, 0.717) is 39.6 Å². The lowest BCUT2D eigenvalue weighted by Gasteiger charge is -2.37. The van der Waals surface area contributed by atoms with Crippen molar-refractivity contribution >= 4 is 61.7 Å². The maximum atomic E-state index is 10.5. The third kappa shape index (κ3) is 12.2. The second-order valence-corrected chi connectivity index (χ2v) is 34.1. The summed E-state index contributed by atoms with van der Waals surface area (Å²) in [6, 6.07) is 27.4. The first-order chi connectivity index (χ1) is 55.0. The minimum atomic E-state index is -6.37. The van der Waals surface area contributed by atoms with Crippen molar-refractivity contribution in [3.8, 4) is 62.1 Å². The van der Waals surface area contributed by atoms with Crippen molar-refractivity contribution in [1.29, 1.82) is 0 Å². The zero-order valence-electron chi connectivity index (χ0n) is 78.1. The van der Waals surface area contributed by atoms with Crippen LogP contribution >= 0.6 is 0 Å². The van der Waals surface area contributed by atoms with E-state index in [9.17, 15) is 26.0 Å². The summed E-state index contributed by atoms with van der Waals surface area (Å²) >= 11 is 0. The summed E-state index contributed by atoms with van der Waals surface area (Å²) in [6.07, 6.45) is 5.56. The lowest BCUT2D eigenvalue weighted by Crippen LogP contribution is -2.76. The molecule has 0 fully saturated rings. The van der Waals surface area contributed by atoms with E-state index in [1.54, 1.807) is 21.3 Å². The number of rotatable bonds is 12. The fourth-order valence-electron chi connectivity index (χ4n) is 13.1. The van der Waals surface area contributed by atoms with E-state index in [0.717, 1.165) is 55.2 Å². The van der Waals surface area contributed by atoms with Crippen molar-refractivity contribution in [2.45, 2.75) is 131 Å². The molecule has 0 atom stereocenters. The maximum absolute atomic E-state index is 10.5. The number of pyridine rings is 1. The van der Waals surface area contributed by atoms with Gasteiger partial charge in [0.25, 0.3) is 6.33 Å². The molecule has 0 unspecified atom stereocenters. The van der Waals surface area contributed by atoms with E-state index in [4.69, 9.17) is 11.1 Å². The van der Waals surface area contributed by atoms with E-state index in [-0.39, 0.29) is 38.6 Å². The minimum Gasteiger partial charge on any atom is -0.458 e. The zero-order valence-corrected chi connectivity index (χ0v) is 59.1. The molecule has 98 heavy (non-hydrogen) atoms. The van der Waals surface area contributed by atoms with E-state index in [1.807, 2.05) is 133 Å². The topological polar surface area (TPSA) is 35.9 Å². The molecule has 0 radical (unpaired) electrons. The van der Waals surface area contributed by atoms with Crippen LogP contribution in [-0.4, -0.2) is 22.2 Å².